The van der Waals surface area contributed by atoms with Crippen molar-refractivity contribution < 1.29 is 0 Å². The van der Waals surface area contributed by atoms with Gasteiger partial charge in [0.1, 0.15) is 5.82 Å². The van der Waals surface area contributed by atoms with Gasteiger partial charge in [0.15, 0.2) is 0 Å². The highest BCUT2D eigenvalue weighted by atomic mass is 15.1. The second kappa shape index (κ2) is 4.62. The zero-order valence-corrected chi connectivity index (χ0v) is 9.46. The lowest BCUT2D eigenvalue weighted by Gasteiger charge is -2.31. The van der Waals surface area contributed by atoms with Crippen molar-refractivity contribution in [3.8, 4) is 0 Å². The maximum absolute atomic E-state index is 4.33. The molecular weight excluding hydrogens is 186 g/mol. The average Bonchev–Trinajstić information content (AvgIpc) is 2.22. The van der Waals surface area contributed by atoms with Crippen molar-refractivity contribution in [3.63, 3.8) is 0 Å². The summed E-state index contributed by atoms with van der Waals surface area (Å²) in [5, 5.41) is 6.97. The van der Waals surface area contributed by atoms with E-state index in [1.54, 1.807) is 0 Å². The summed E-state index contributed by atoms with van der Waals surface area (Å²) < 4.78 is 0. The smallest absolute Gasteiger partial charge is 0.126 e. The first-order valence-corrected chi connectivity index (χ1v) is 5.68. The van der Waals surface area contributed by atoms with Crippen molar-refractivity contribution in [1.82, 2.24) is 10.3 Å². The molecule has 1 aliphatic rings. The molecule has 82 valence electrons. The van der Waals surface area contributed by atoms with Crippen LogP contribution in [0.15, 0.2) is 18.3 Å². The second-order valence-corrected chi connectivity index (χ2v) is 4.35. The van der Waals surface area contributed by atoms with Crippen molar-refractivity contribution in [2.24, 2.45) is 0 Å². The molecule has 1 fully saturated rings. The molecule has 0 saturated carbocycles. The summed E-state index contributed by atoms with van der Waals surface area (Å²) in [6, 6.07) is 5.16. The molecule has 1 aliphatic heterocycles. The second-order valence-electron chi connectivity index (χ2n) is 4.35. The molecule has 0 aromatic carbocycles. The molecule has 2 rings (SSSR count). The Morgan fingerprint density at radius 2 is 2.40 bits per heavy atom. The van der Waals surface area contributed by atoms with E-state index in [4.69, 9.17) is 0 Å². The molecule has 0 radical (unpaired) electrons. The van der Waals surface area contributed by atoms with Crippen LogP contribution in [-0.4, -0.2) is 23.6 Å². The number of piperidine rings is 1. The number of pyridine rings is 1. The van der Waals surface area contributed by atoms with Crippen LogP contribution < -0.4 is 10.6 Å². The summed E-state index contributed by atoms with van der Waals surface area (Å²) in [6.07, 6.45) is 4.33. The number of nitrogens with zero attached hydrogens (tertiary/aromatic N) is 1. The maximum Gasteiger partial charge on any atom is 0.126 e. The number of anilines is 1. The van der Waals surface area contributed by atoms with Crippen LogP contribution in [0.25, 0.3) is 0 Å². The highest BCUT2D eigenvalue weighted by Gasteiger charge is 2.20. The van der Waals surface area contributed by atoms with E-state index in [1.807, 2.05) is 12.3 Å². The van der Waals surface area contributed by atoms with Gasteiger partial charge in [-0.15, -0.1) is 0 Å². The van der Waals surface area contributed by atoms with Gasteiger partial charge in [-0.2, -0.15) is 0 Å². The fourth-order valence-electron chi connectivity index (χ4n) is 2.05. The third-order valence-corrected chi connectivity index (χ3v) is 3.01. The fourth-order valence-corrected chi connectivity index (χ4v) is 2.05. The Balaban J connectivity index is 2.01. The van der Waals surface area contributed by atoms with Gasteiger partial charge < -0.3 is 10.6 Å². The molecule has 0 aliphatic carbocycles. The van der Waals surface area contributed by atoms with Crippen molar-refractivity contribution in [2.75, 3.05) is 11.9 Å². The Labute approximate surface area is 91.3 Å². The first-order valence-electron chi connectivity index (χ1n) is 5.68. The summed E-state index contributed by atoms with van der Waals surface area (Å²) in [5.41, 5.74) is 1.25. The highest BCUT2D eigenvalue weighted by Crippen LogP contribution is 2.14. The van der Waals surface area contributed by atoms with Crippen LogP contribution in [-0.2, 0) is 0 Å². The molecule has 1 saturated heterocycles. The predicted molar refractivity (Wildman–Crippen MR) is 63.1 cm³/mol. The van der Waals surface area contributed by atoms with Gasteiger partial charge in [0, 0.05) is 18.3 Å². The monoisotopic (exact) mass is 205 g/mol. The molecule has 1 aromatic rings. The summed E-state index contributed by atoms with van der Waals surface area (Å²) in [4.78, 5) is 4.33. The standard InChI is InChI=1S/C12H19N3/c1-9-5-7-14-12(8-9)15-11-4-3-6-13-10(11)2/h5,7-8,10-11,13H,3-4,6H2,1-2H3,(H,14,15). The minimum atomic E-state index is 0.507. The third-order valence-electron chi connectivity index (χ3n) is 3.01. The summed E-state index contributed by atoms with van der Waals surface area (Å²) in [5.74, 6) is 0.996. The number of nitrogens with one attached hydrogen (secondary N) is 2. The van der Waals surface area contributed by atoms with E-state index >= 15 is 0 Å². The summed E-state index contributed by atoms with van der Waals surface area (Å²) in [7, 11) is 0. The lowest BCUT2D eigenvalue weighted by molar-refractivity contribution is 0.389. The Hall–Kier alpha value is -1.09. The molecule has 0 bridgehead atoms. The van der Waals surface area contributed by atoms with Crippen LogP contribution in [0.3, 0.4) is 0 Å². The summed E-state index contributed by atoms with van der Waals surface area (Å²) >= 11 is 0. The van der Waals surface area contributed by atoms with Crippen LogP contribution in [0.2, 0.25) is 0 Å². The normalized spacial score (nSPS) is 26.3. The van der Waals surface area contributed by atoms with Crippen molar-refractivity contribution in [2.45, 2.75) is 38.8 Å². The fraction of sp³-hybridized carbons (Fsp3) is 0.583. The van der Waals surface area contributed by atoms with E-state index in [0.717, 1.165) is 12.4 Å². The molecule has 3 nitrogen and oxygen atoms in total. The molecule has 2 atom stereocenters. The van der Waals surface area contributed by atoms with E-state index in [0.29, 0.717) is 12.1 Å². The third kappa shape index (κ3) is 2.69. The van der Waals surface area contributed by atoms with Gasteiger partial charge in [0.2, 0.25) is 0 Å². The Morgan fingerprint density at radius 1 is 1.53 bits per heavy atom. The molecule has 0 spiro atoms. The number of aryl methyl sites for hydroxylation is 1. The Kier molecular flexibility index (Phi) is 3.21. The van der Waals surface area contributed by atoms with Gasteiger partial charge in [-0.1, -0.05) is 0 Å². The van der Waals surface area contributed by atoms with Crippen LogP contribution >= 0.6 is 0 Å². The molecule has 15 heavy (non-hydrogen) atoms. The molecule has 3 heteroatoms. The zero-order valence-electron chi connectivity index (χ0n) is 9.46. The van der Waals surface area contributed by atoms with Crippen molar-refractivity contribution in [3.05, 3.63) is 23.9 Å². The number of hydrogen-bond acceptors (Lipinski definition) is 3. The van der Waals surface area contributed by atoms with Crippen LogP contribution in [0.1, 0.15) is 25.3 Å². The van der Waals surface area contributed by atoms with Crippen LogP contribution in [0, 0.1) is 6.92 Å². The molecular formula is C12H19N3. The summed E-state index contributed by atoms with van der Waals surface area (Å²) in [6.45, 7) is 5.46. The maximum atomic E-state index is 4.33. The minimum absolute atomic E-state index is 0.507. The average molecular weight is 205 g/mol. The Morgan fingerprint density at radius 3 is 3.13 bits per heavy atom. The van der Waals surface area contributed by atoms with Gasteiger partial charge in [0.25, 0.3) is 0 Å². The van der Waals surface area contributed by atoms with E-state index in [-0.39, 0.29) is 0 Å². The Bertz CT molecular complexity index is 324. The topological polar surface area (TPSA) is 37.0 Å². The van der Waals surface area contributed by atoms with E-state index in [9.17, 15) is 0 Å². The SMILES string of the molecule is Cc1ccnc(NC2CCCNC2C)c1. The van der Waals surface area contributed by atoms with E-state index in [1.165, 1.54) is 18.4 Å². The van der Waals surface area contributed by atoms with Gasteiger partial charge in [-0.05, 0) is 50.9 Å². The van der Waals surface area contributed by atoms with Gasteiger partial charge in [-0.25, -0.2) is 4.98 Å². The lowest BCUT2D eigenvalue weighted by atomic mass is 10.00. The molecule has 0 amide bonds. The van der Waals surface area contributed by atoms with Gasteiger partial charge in [0.05, 0.1) is 0 Å². The zero-order chi connectivity index (χ0) is 10.7. The first-order chi connectivity index (χ1) is 7.25. The van der Waals surface area contributed by atoms with E-state index in [2.05, 4.69) is 35.5 Å². The van der Waals surface area contributed by atoms with Crippen molar-refractivity contribution >= 4 is 5.82 Å². The molecule has 1 aromatic heterocycles. The number of aromatic nitrogens is 1. The van der Waals surface area contributed by atoms with Crippen LogP contribution in [0.5, 0.6) is 0 Å². The van der Waals surface area contributed by atoms with E-state index < -0.39 is 0 Å². The van der Waals surface area contributed by atoms with Crippen LogP contribution in [0.4, 0.5) is 5.82 Å². The number of hydrogen-bond donors (Lipinski definition) is 2. The highest BCUT2D eigenvalue weighted by molar-refractivity contribution is 5.38. The van der Waals surface area contributed by atoms with Gasteiger partial charge in [-0.3, -0.25) is 0 Å². The first kappa shape index (κ1) is 10.4. The minimum Gasteiger partial charge on any atom is -0.366 e. The molecule has 2 unspecified atom stereocenters. The molecule has 2 heterocycles. The largest absolute Gasteiger partial charge is 0.366 e. The lowest BCUT2D eigenvalue weighted by Crippen LogP contribution is -2.46. The van der Waals surface area contributed by atoms with Crippen molar-refractivity contribution in [1.29, 1.82) is 0 Å². The van der Waals surface area contributed by atoms with Gasteiger partial charge >= 0.3 is 0 Å². The number of rotatable bonds is 2. The quantitative estimate of drug-likeness (QED) is 0.774. The molecule has 2 N–H and O–H groups in total. The predicted octanol–water partition coefficient (Wildman–Crippen LogP) is 1.94.